The molecule has 1 amide bonds. The molecule has 0 unspecified atom stereocenters. The highest BCUT2D eigenvalue weighted by molar-refractivity contribution is 5.91. The molecule has 2 rings (SSSR count). The number of nitrogens with zero attached hydrogens (tertiary/aromatic N) is 3. The molecule has 0 saturated heterocycles. The maximum Gasteiger partial charge on any atom is 0.358 e. The van der Waals surface area contributed by atoms with E-state index in [2.05, 4.69) is 15.6 Å². The lowest BCUT2D eigenvalue weighted by molar-refractivity contribution is -0.117. The number of aryl methyl sites for hydroxylation is 1. The van der Waals surface area contributed by atoms with Crippen molar-refractivity contribution >= 4 is 17.6 Å². The van der Waals surface area contributed by atoms with Gasteiger partial charge < -0.3 is 10.4 Å². The van der Waals surface area contributed by atoms with E-state index in [1.165, 1.54) is 4.68 Å². The second-order valence-corrected chi connectivity index (χ2v) is 4.59. The summed E-state index contributed by atoms with van der Waals surface area (Å²) in [7, 11) is 0. The third kappa shape index (κ3) is 3.44. The molecule has 0 bridgehead atoms. The van der Waals surface area contributed by atoms with Gasteiger partial charge in [-0.25, -0.2) is 9.48 Å². The van der Waals surface area contributed by atoms with Gasteiger partial charge in [0.2, 0.25) is 5.91 Å². The zero-order valence-corrected chi connectivity index (χ0v) is 11.8. The fraction of sp³-hybridized carbons (Fsp3) is 0.286. The second kappa shape index (κ2) is 6.17. The number of aromatic carboxylic acids is 1. The van der Waals surface area contributed by atoms with Gasteiger partial charge >= 0.3 is 5.97 Å². The molecule has 0 aliphatic carbocycles. The largest absolute Gasteiger partial charge is 0.476 e. The summed E-state index contributed by atoms with van der Waals surface area (Å²) in [4.78, 5) is 22.8. The first-order valence-electron chi connectivity index (χ1n) is 6.53. The van der Waals surface area contributed by atoms with Crippen LogP contribution in [0.4, 0.5) is 5.69 Å². The van der Waals surface area contributed by atoms with Gasteiger partial charge in [-0.3, -0.25) is 4.79 Å². The SMILES string of the molecule is CCc1cccc(NC(=O)Cn2nnc(C(=O)O)c2C)c1. The van der Waals surface area contributed by atoms with Crippen LogP contribution in [0.5, 0.6) is 0 Å². The Kier molecular flexibility index (Phi) is 4.32. The summed E-state index contributed by atoms with van der Waals surface area (Å²) in [6, 6.07) is 7.55. The van der Waals surface area contributed by atoms with Crippen LogP contribution in [0.25, 0.3) is 0 Å². The molecular weight excluding hydrogens is 272 g/mol. The number of rotatable bonds is 5. The van der Waals surface area contributed by atoms with Crippen LogP contribution in [0.2, 0.25) is 0 Å². The monoisotopic (exact) mass is 288 g/mol. The summed E-state index contributed by atoms with van der Waals surface area (Å²) in [5.74, 6) is -1.44. The zero-order chi connectivity index (χ0) is 15.4. The highest BCUT2D eigenvalue weighted by Crippen LogP contribution is 2.11. The number of amides is 1. The quantitative estimate of drug-likeness (QED) is 0.868. The second-order valence-electron chi connectivity index (χ2n) is 4.59. The van der Waals surface area contributed by atoms with Gasteiger partial charge in [0.15, 0.2) is 5.69 Å². The summed E-state index contributed by atoms with van der Waals surface area (Å²) in [6.45, 7) is 3.52. The van der Waals surface area contributed by atoms with Gasteiger partial charge in [0.25, 0.3) is 0 Å². The standard InChI is InChI=1S/C14H16N4O3/c1-3-10-5-4-6-11(7-10)15-12(19)8-18-9(2)13(14(20)21)16-17-18/h4-7H,3,8H2,1-2H3,(H,15,19)(H,20,21). The summed E-state index contributed by atoms with van der Waals surface area (Å²) >= 11 is 0. The fourth-order valence-electron chi connectivity index (χ4n) is 1.91. The molecule has 7 nitrogen and oxygen atoms in total. The molecule has 0 atom stereocenters. The number of nitrogens with one attached hydrogen (secondary N) is 1. The topological polar surface area (TPSA) is 97.1 Å². The number of hydrogen-bond donors (Lipinski definition) is 2. The lowest BCUT2D eigenvalue weighted by Gasteiger charge is -2.07. The van der Waals surface area contributed by atoms with Crippen molar-refractivity contribution in [1.29, 1.82) is 0 Å². The molecule has 1 aromatic carbocycles. The molecule has 0 fully saturated rings. The Morgan fingerprint density at radius 3 is 2.76 bits per heavy atom. The molecule has 110 valence electrons. The van der Waals surface area contributed by atoms with E-state index in [0.29, 0.717) is 11.4 Å². The number of carbonyl (C=O) groups excluding carboxylic acids is 1. The third-order valence-corrected chi connectivity index (χ3v) is 3.10. The number of benzene rings is 1. The van der Waals surface area contributed by atoms with E-state index >= 15 is 0 Å². The van der Waals surface area contributed by atoms with Crippen molar-refractivity contribution in [3.05, 3.63) is 41.2 Å². The van der Waals surface area contributed by atoms with E-state index in [-0.39, 0.29) is 18.1 Å². The normalized spacial score (nSPS) is 10.4. The molecule has 1 aromatic heterocycles. The Hall–Kier alpha value is -2.70. The molecule has 0 radical (unpaired) electrons. The fourth-order valence-corrected chi connectivity index (χ4v) is 1.91. The van der Waals surface area contributed by atoms with Gasteiger partial charge in [0.1, 0.15) is 6.54 Å². The molecule has 7 heteroatoms. The van der Waals surface area contributed by atoms with E-state index in [4.69, 9.17) is 5.11 Å². The van der Waals surface area contributed by atoms with Gasteiger partial charge in [-0.15, -0.1) is 5.10 Å². The molecule has 0 aliphatic rings. The highest BCUT2D eigenvalue weighted by atomic mass is 16.4. The highest BCUT2D eigenvalue weighted by Gasteiger charge is 2.16. The summed E-state index contributed by atoms with van der Waals surface area (Å²) < 4.78 is 1.27. The van der Waals surface area contributed by atoms with Crippen LogP contribution in [-0.2, 0) is 17.8 Å². The average molecular weight is 288 g/mol. The maximum atomic E-state index is 12.0. The van der Waals surface area contributed by atoms with Crippen LogP contribution in [0.15, 0.2) is 24.3 Å². The number of anilines is 1. The zero-order valence-electron chi connectivity index (χ0n) is 11.8. The van der Waals surface area contributed by atoms with E-state index in [0.717, 1.165) is 12.0 Å². The smallest absolute Gasteiger partial charge is 0.358 e. The molecule has 21 heavy (non-hydrogen) atoms. The lowest BCUT2D eigenvalue weighted by atomic mass is 10.1. The molecular formula is C14H16N4O3. The van der Waals surface area contributed by atoms with E-state index < -0.39 is 5.97 Å². The van der Waals surface area contributed by atoms with Crippen molar-refractivity contribution in [3.8, 4) is 0 Å². The van der Waals surface area contributed by atoms with Crippen molar-refractivity contribution in [2.24, 2.45) is 0 Å². The Labute approximate surface area is 121 Å². The Morgan fingerprint density at radius 2 is 2.14 bits per heavy atom. The van der Waals surface area contributed by atoms with Crippen molar-refractivity contribution in [2.45, 2.75) is 26.8 Å². The van der Waals surface area contributed by atoms with Crippen LogP contribution in [0.3, 0.4) is 0 Å². The minimum absolute atomic E-state index is 0.0809. The summed E-state index contributed by atoms with van der Waals surface area (Å²) in [6.07, 6.45) is 0.883. The average Bonchev–Trinajstić information content (AvgIpc) is 2.80. The first kappa shape index (κ1) is 14.7. The van der Waals surface area contributed by atoms with Crippen molar-refractivity contribution in [3.63, 3.8) is 0 Å². The molecule has 2 aromatic rings. The van der Waals surface area contributed by atoms with Crippen molar-refractivity contribution in [1.82, 2.24) is 15.0 Å². The first-order chi connectivity index (χ1) is 10.0. The number of carboxylic acids is 1. The summed E-state index contributed by atoms with van der Waals surface area (Å²) in [5, 5.41) is 18.9. The first-order valence-corrected chi connectivity index (χ1v) is 6.53. The molecule has 1 heterocycles. The third-order valence-electron chi connectivity index (χ3n) is 3.10. The molecule has 0 aliphatic heterocycles. The van der Waals surface area contributed by atoms with E-state index in [1.807, 2.05) is 25.1 Å². The van der Waals surface area contributed by atoms with Crippen LogP contribution in [0, 0.1) is 6.92 Å². The molecule has 0 spiro atoms. The van der Waals surface area contributed by atoms with E-state index in [1.54, 1.807) is 13.0 Å². The maximum absolute atomic E-state index is 12.0. The van der Waals surface area contributed by atoms with Crippen molar-refractivity contribution < 1.29 is 14.7 Å². The minimum Gasteiger partial charge on any atom is -0.476 e. The minimum atomic E-state index is -1.16. The van der Waals surface area contributed by atoms with Crippen LogP contribution < -0.4 is 5.32 Å². The van der Waals surface area contributed by atoms with Gasteiger partial charge in [-0.05, 0) is 31.0 Å². The molecule has 2 N–H and O–H groups in total. The van der Waals surface area contributed by atoms with Crippen molar-refractivity contribution in [2.75, 3.05) is 5.32 Å². The number of aromatic nitrogens is 3. The predicted molar refractivity (Wildman–Crippen MR) is 76.2 cm³/mol. The number of hydrogen-bond acceptors (Lipinski definition) is 4. The Morgan fingerprint density at radius 1 is 1.38 bits per heavy atom. The Bertz CT molecular complexity index is 679. The number of carboxylic acid groups (broad SMARTS) is 1. The van der Waals surface area contributed by atoms with Crippen LogP contribution >= 0.6 is 0 Å². The van der Waals surface area contributed by atoms with Crippen LogP contribution in [-0.4, -0.2) is 32.0 Å². The van der Waals surface area contributed by atoms with E-state index in [9.17, 15) is 9.59 Å². The Balaban J connectivity index is 2.06. The van der Waals surface area contributed by atoms with Gasteiger partial charge in [-0.2, -0.15) is 0 Å². The van der Waals surface area contributed by atoms with Gasteiger partial charge in [0.05, 0.1) is 5.69 Å². The van der Waals surface area contributed by atoms with Crippen LogP contribution in [0.1, 0.15) is 28.7 Å². The lowest BCUT2D eigenvalue weighted by Crippen LogP contribution is -2.20. The van der Waals surface area contributed by atoms with Gasteiger partial charge in [0, 0.05) is 5.69 Å². The summed E-state index contributed by atoms with van der Waals surface area (Å²) in [5.41, 5.74) is 2.03. The van der Waals surface area contributed by atoms with Gasteiger partial charge in [-0.1, -0.05) is 24.3 Å². The predicted octanol–water partition coefficient (Wildman–Crippen LogP) is 1.49. The molecule has 0 saturated carbocycles. The number of carbonyl (C=O) groups is 2.